The van der Waals surface area contributed by atoms with Crippen LogP contribution >= 0.6 is 0 Å². The van der Waals surface area contributed by atoms with Gasteiger partial charge in [0, 0.05) is 0 Å². The van der Waals surface area contributed by atoms with Crippen LogP contribution in [0.1, 0.15) is 88.5 Å². The molecule has 0 bridgehead atoms. The van der Waals surface area contributed by atoms with Gasteiger partial charge in [-0.1, -0.05) is 55.4 Å². The fourth-order valence-corrected chi connectivity index (χ4v) is 6.68. The van der Waals surface area contributed by atoms with Gasteiger partial charge in [-0.2, -0.15) is 16.8 Å². The van der Waals surface area contributed by atoms with Crippen molar-refractivity contribution in [1.29, 1.82) is 0 Å². The zero-order valence-corrected chi connectivity index (χ0v) is 32.3. The summed E-state index contributed by atoms with van der Waals surface area (Å²) in [6.45, 7) is 16.2. The summed E-state index contributed by atoms with van der Waals surface area (Å²) in [4.78, 5) is 50.1. The van der Waals surface area contributed by atoms with E-state index in [-0.39, 0.29) is 57.5 Å². The molecule has 49 heavy (non-hydrogen) atoms. The van der Waals surface area contributed by atoms with Gasteiger partial charge in [0.15, 0.2) is 0 Å². The number of esters is 2. The zero-order chi connectivity index (χ0) is 38.4. The molecular weight excluding hydrogens is 684 g/mol. The predicted molar refractivity (Wildman–Crippen MR) is 184 cm³/mol. The molecule has 0 heterocycles. The third kappa shape index (κ3) is 19.0. The third-order valence-corrected chi connectivity index (χ3v) is 9.91. The predicted octanol–water partition coefficient (Wildman–Crippen LogP) is 0.964. The molecule has 0 fully saturated rings. The van der Waals surface area contributed by atoms with Gasteiger partial charge in [-0.3, -0.25) is 18.0 Å². The van der Waals surface area contributed by atoms with E-state index in [1.165, 1.54) is 0 Å². The standard InChI is InChI=1S/C31H60N4O12S2/c1-11-44-28(38)22(34-26(36)24(32)20(3)4)16-30(7,8)18-46-48(40,41)14-13-15-49(42,43)47-19-31(9,10)17-23(29(39)45-12-2)35-27(37)25(33)21(5)6/h20-25H,11-19,32-33H2,1-10H3,(H,34,36)(H,35,37)/t22-,23-,24+,25+/m1/s1. The number of nitrogens with two attached hydrogens (primary N) is 2. The van der Waals surface area contributed by atoms with Gasteiger partial charge in [-0.15, -0.1) is 0 Å². The molecule has 0 aliphatic rings. The number of rotatable bonds is 24. The monoisotopic (exact) mass is 744 g/mol. The van der Waals surface area contributed by atoms with Crippen molar-refractivity contribution in [1.82, 2.24) is 10.6 Å². The fourth-order valence-electron chi connectivity index (χ4n) is 4.27. The Balaban J connectivity index is 5.24. The van der Waals surface area contributed by atoms with Crippen LogP contribution in [0.3, 0.4) is 0 Å². The van der Waals surface area contributed by atoms with Crippen LogP contribution in [0.25, 0.3) is 0 Å². The first-order valence-electron chi connectivity index (χ1n) is 16.5. The number of carbonyl (C=O) groups is 4. The Labute approximate surface area is 292 Å². The fraction of sp³-hybridized carbons (Fsp3) is 0.871. The molecule has 0 aromatic rings. The van der Waals surface area contributed by atoms with Gasteiger partial charge in [0.05, 0.1) is 50.0 Å². The molecule has 0 aliphatic carbocycles. The maximum absolute atomic E-state index is 12.6. The van der Waals surface area contributed by atoms with E-state index in [0.717, 1.165) is 0 Å². The molecule has 0 aromatic heterocycles. The lowest BCUT2D eigenvalue weighted by atomic mass is 9.86. The van der Waals surface area contributed by atoms with E-state index in [0.29, 0.717) is 0 Å². The van der Waals surface area contributed by atoms with Crippen LogP contribution in [0.4, 0.5) is 0 Å². The summed E-state index contributed by atoms with van der Waals surface area (Å²) in [5.74, 6) is -4.17. The summed E-state index contributed by atoms with van der Waals surface area (Å²) in [5, 5.41) is 5.15. The molecular formula is C31H60N4O12S2. The number of hydrogen-bond acceptors (Lipinski definition) is 14. The van der Waals surface area contributed by atoms with Gasteiger partial charge in [0.2, 0.25) is 11.8 Å². The Bertz CT molecular complexity index is 1200. The Kier molecular flexibility index (Phi) is 19.5. The van der Waals surface area contributed by atoms with E-state index in [1.807, 2.05) is 0 Å². The van der Waals surface area contributed by atoms with Crippen LogP contribution < -0.4 is 22.1 Å². The highest BCUT2D eigenvalue weighted by Crippen LogP contribution is 2.26. The van der Waals surface area contributed by atoms with Crippen molar-refractivity contribution in [3.8, 4) is 0 Å². The van der Waals surface area contributed by atoms with Crippen molar-refractivity contribution in [2.45, 2.75) is 113 Å². The first-order valence-corrected chi connectivity index (χ1v) is 19.6. The molecule has 18 heteroatoms. The highest BCUT2D eigenvalue weighted by atomic mass is 32.2. The van der Waals surface area contributed by atoms with Crippen molar-refractivity contribution in [2.75, 3.05) is 37.9 Å². The normalized spacial score (nSPS) is 15.3. The summed E-state index contributed by atoms with van der Waals surface area (Å²) >= 11 is 0. The lowest BCUT2D eigenvalue weighted by molar-refractivity contribution is -0.149. The first kappa shape index (κ1) is 46.6. The lowest BCUT2D eigenvalue weighted by Crippen LogP contribution is -2.52. The highest BCUT2D eigenvalue weighted by Gasteiger charge is 2.35. The van der Waals surface area contributed by atoms with Gasteiger partial charge in [-0.05, 0) is 55.8 Å². The van der Waals surface area contributed by atoms with Crippen LogP contribution in [-0.4, -0.2) is 103 Å². The van der Waals surface area contributed by atoms with Crippen LogP contribution in [0.2, 0.25) is 0 Å². The van der Waals surface area contributed by atoms with E-state index in [4.69, 9.17) is 29.3 Å². The third-order valence-electron chi connectivity index (χ3n) is 7.38. The molecule has 0 saturated carbocycles. The molecule has 0 unspecified atom stereocenters. The Morgan fingerprint density at radius 3 is 1.20 bits per heavy atom. The van der Waals surface area contributed by atoms with Crippen molar-refractivity contribution < 1.29 is 53.9 Å². The molecule has 6 N–H and O–H groups in total. The molecule has 2 amide bonds. The van der Waals surface area contributed by atoms with Crippen LogP contribution in [0.5, 0.6) is 0 Å². The van der Waals surface area contributed by atoms with Crippen LogP contribution in [0, 0.1) is 22.7 Å². The van der Waals surface area contributed by atoms with E-state index >= 15 is 0 Å². The second kappa shape index (κ2) is 20.5. The number of carbonyl (C=O) groups excluding carboxylic acids is 4. The number of nitrogens with one attached hydrogen (secondary N) is 2. The Morgan fingerprint density at radius 1 is 0.633 bits per heavy atom. The topological polar surface area (TPSA) is 250 Å². The first-order chi connectivity index (χ1) is 22.3. The van der Waals surface area contributed by atoms with Crippen LogP contribution in [0.15, 0.2) is 0 Å². The summed E-state index contributed by atoms with van der Waals surface area (Å²) in [5.41, 5.74) is 9.91. The van der Waals surface area contributed by atoms with Crippen molar-refractivity contribution in [3.05, 3.63) is 0 Å². The highest BCUT2D eigenvalue weighted by molar-refractivity contribution is 7.87. The van der Waals surface area contributed by atoms with Crippen molar-refractivity contribution >= 4 is 44.0 Å². The lowest BCUT2D eigenvalue weighted by Gasteiger charge is -2.30. The quantitative estimate of drug-likeness (QED) is 0.0794. The van der Waals surface area contributed by atoms with E-state index in [2.05, 4.69) is 10.6 Å². The average Bonchev–Trinajstić information content (AvgIpc) is 2.97. The van der Waals surface area contributed by atoms with Crippen molar-refractivity contribution in [2.24, 2.45) is 34.1 Å². The molecule has 0 aliphatic heterocycles. The molecule has 4 atom stereocenters. The summed E-state index contributed by atoms with van der Waals surface area (Å²) in [6, 6.07) is -3.95. The Morgan fingerprint density at radius 2 is 0.939 bits per heavy atom. The minimum atomic E-state index is -4.20. The van der Waals surface area contributed by atoms with Gasteiger partial charge < -0.3 is 31.6 Å². The molecule has 16 nitrogen and oxygen atoms in total. The largest absolute Gasteiger partial charge is 0.464 e. The van der Waals surface area contributed by atoms with Gasteiger partial charge in [-0.25, -0.2) is 9.59 Å². The van der Waals surface area contributed by atoms with Gasteiger partial charge in [0.1, 0.15) is 12.1 Å². The molecule has 288 valence electrons. The molecule has 0 radical (unpaired) electrons. The van der Waals surface area contributed by atoms with Gasteiger partial charge >= 0.3 is 11.9 Å². The minimum absolute atomic E-state index is 0.0266. The maximum atomic E-state index is 12.6. The minimum Gasteiger partial charge on any atom is -0.464 e. The van der Waals surface area contributed by atoms with Crippen molar-refractivity contribution in [3.63, 3.8) is 0 Å². The second-order valence-electron chi connectivity index (χ2n) is 14.3. The van der Waals surface area contributed by atoms with E-state index < -0.39 is 90.5 Å². The summed E-state index contributed by atoms with van der Waals surface area (Å²) < 4.78 is 71.0. The molecule has 0 saturated heterocycles. The van der Waals surface area contributed by atoms with Gasteiger partial charge in [0.25, 0.3) is 20.2 Å². The summed E-state index contributed by atoms with van der Waals surface area (Å²) in [7, 11) is -8.39. The average molecular weight is 745 g/mol. The molecule has 0 rings (SSSR count). The molecule has 0 aromatic carbocycles. The second-order valence-corrected chi connectivity index (χ2v) is 17.8. The summed E-state index contributed by atoms with van der Waals surface area (Å²) in [6.07, 6.45) is -0.392. The smallest absolute Gasteiger partial charge is 0.328 e. The molecule has 0 spiro atoms. The number of hydrogen-bond donors (Lipinski definition) is 4. The maximum Gasteiger partial charge on any atom is 0.328 e. The number of ether oxygens (including phenoxy) is 2. The van der Waals surface area contributed by atoms with E-state index in [9.17, 15) is 36.0 Å². The van der Waals surface area contributed by atoms with E-state index in [1.54, 1.807) is 69.2 Å². The SMILES string of the molecule is CCOC(=O)[C@@H](CC(C)(C)COS(=O)(=O)CCCS(=O)(=O)OCC(C)(C)C[C@@H](NC(=O)[C@@H](N)C(C)C)C(=O)OCC)NC(=O)[C@@H](N)C(C)C. The van der Waals surface area contributed by atoms with Crippen LogP contribution in [-0.2, 0) is 57.3 Å². The zero-order valence-electron chi connectivity index (χ0n) is 30.7. The number of amides is 2. The Hall–Kier alpha value is -2.38.